The van der Waals surface area contributed by atoms with Gasteiger partial charge in [-0.3, -0.25) is 4.79 Å². The Bertz CT molecular complexity index is 511. The molecule has 1 amide bonds. The van der Waals surface area contributed by atoms with Crippen molar-refractivity contribution in [3.05, 3.63) is 35.4 Å². The number of aliphatic carboxylic acids is 1. The number of carboxylic acids is 1. The molecule has 0 heterocycles. The molecule has 0 aliphatic heterocycles. The Balaban J connectivity index is 1.90. The van der Waals surface area contributed by atoms with Crippen molar-refractivity contribution in [3.8, 4) is 0 Å². The van der Waals surface area contributed by atoms with E-state index in [4.69, 9.17) is 9.84 Å². The molecule has 2 N–H and O–H groups in total. The van der Waals surface area contributed by atoms with Gasteiger partial charge in [0.2, 0.25) is 5.91 Å². The number of carboxylic acid groups (broad SMARTS) is 1. The zero-order chi connectivity index (χ0) is 15.2. The minimum absolute atomic E-state index is 0.187. The average molecular weight is 291 g/mol. The van der Waals surface area contributed by atoms with Gasteiger partial charge in [-0.1, -0.05) is 37.1 Å². The zero-order valence-electron chi connectivity index (χ0n) is 12.2. The van der Waals surface area contributed by atoms with Crippen molar-refractivity contribution >= 4 is 11.9 Å². The van der Waals surface area contributed by atoms with Crippen LogP contribution in [-0.2, 0) is 27.4 Å². The van der Waals surface area contributed by atoms with Crippen LogP contribution in [0.15, 0.2) is 24.3 Å². The second kappa shape index (κ2) is 7.22. The van der Waals surface area contributed by atoms with Gasteiger partial charge in [0, 0.05) is 7.11 Å². The van der Waals surface area contributed by atoms with Crippen molar-refractivity contribution in [1.29, 1.82) is 0 Å². The number of benzene rings is 1. The Morgan fingerprint density at radius 1 is 1.38 bits per heavy atom. The van der Waals surface area contributed by atoms with Gasteiger partial charge in [0.1, 0.15) is 6.04 Å². The minimum Gasteiger partial charge on any atom is -0.480 e. The van der Waals surface area contributed by atoms with E-state index >= 15 is 0 Å². The summed E-state index contributed by atoms with van der Waals surface area (Å²) >= 11 is 0. The lowest BCUT2D eigenvalue weighted by atomic mass is 10.1. The van der Waals surface area contributed by atoms with Gasteiger partial charge in [0.15, 0.2) is 0 Å². The molecule has 1 fully saturated rings. The van der Waals surface area contributed by atoms with Crippen molar-refractivity contribution < 1.29 is 19.4 Å². The Kier molecular flexibility index (Phi) is 5.33. The number of ether oxygens (including phenoxy) is 1. The molecule has 0 spiro atoms. The van der Waals surface area contributed by atoms with Crippen molar-refractivity contribution in [3.63, 3.8) is 0 Å². The SMILES string of the molecule is COCc1cccc(CC(=O)NC(CC2CC2)C(=O)O)c1. The molecule has 1 aliphatic carbocycles. The van der Waals surface area contributed by atoms with Crippen molar-refractivity contribution in [2.24, 2.45) is 5.92 Å². The topological polar surface area (TPSA) is 75.6 Å². The first-order valence-electron chi connectivity index (χ1n) is 7.17. The number of carbonyl (C=O) groups excluding carboxylic acids is 1. The minimum atomic E-state index is -0.955. The van der Waals surface area contributed by atoms with Crippen LogP contribution in [0.5, 0.6) is 0 Å². The summed E-state index contributed by atoms with van der Waals surface area (Å²) in [6, 6.07) is 6.79. The fourth-order valence-electron chi connectivity index (χ4n) is 2.34. The van der Waals surface area contributed by atoms with E-state index in [0.717, 1.165) is 24.0 Å². The molecule has 0 radical (unpaired) electrons. The fraction of sp³-hybridized carbons (Fsp3) is 0.500. The molecule has 1 aromatic rings. The highest BCUT2D eigenvalue weighted by molar-refractivity contribution is 5.84. The molecule has 1 saturated carbocycles. The molecule has 0 aromatic heterocycles. The van der Waals surface area contributed by atoms with Gasteiger partial charge in [0.05, 0.1) is 13.0 Å². The highest BCUT2D eigenvalue weighted by Gasteiger charge is 2.30. The van der Waals surface area contributed by atoms with Crippen molar-refractivity contribution in [1.82, 2.24) is 5.32 Å². The number of carbonyl (C=O) groups is 2. The van der Waals surface area contributed by atoms with E-state index in [1.54, 1.807) is 7.11 Å². The second-order valence-electron chi connectivity index (χ2n) is 5.57. The summed E-state index contributed by atoms with van der Waals surface area (Å²) in [5.41, 5.74) is 1.85. The molecular formula is C16H21NO4. The molecule has 21 heavy (non-hydrogen) atoms. The number of methoxy groups -OCH3 is 1. The average Bonchev–Trinajstić information content (AvgIpc) is 3.22. The number of nitrogens with one attached hydrogen (secondary N) is 1. The van der Waals surface area contributed by atoms with Gasteiger partial charge >= 0.3 is 5.97 Å². The first-order valence-corrected chi connectivity index (χ1v) is 7.17. The molecule has 0 saturated heterocycles. The second-order valence-corrected chi connectivity index (χ2v) is 5.57. The maximum Gasteiger partial charge on any atom is 0.326 e. The normalized spacial score (nSPS) is 15.5. The Morgan fingerprint density at radius 2 is 2.10 bits per heavy atom. The smallest absolute Gasteiger partial charge is 0.326 e. The van der Waals surface area contributed by atoms with E-state index in [2.05, 4.69) is 5.32 Å². The number of rotatable bonds is 8. The van der Waals surface area contributed by atoms with Crippen LogP contribution in [0.1, 0.15) is 30.4 Å². The predicted molar refractivity (Wildman–Crippen MR) is 77.8 cm³/mol. The van der Waals surface area contributed by atoms with Crippen LogP contribution in [0.2, 0.25) is 0 Å². The first kappa shape index (κ1) is 15.5. The van der Waals surface area contributed by atoms with Crippen LogP contribution in [0.25, 0.3) is 0 Å². The van der Waals surface area contributed by atoms with Gasteiger partial charge in [-0.05, 0) is 23.5 Å². The van der Waals surface area contributed by atoms with Crippen LogP contribution in [0.3, 0.4) is 0 Å². The summed E-state index contributed by atoms with van der Waals surface area (Å²) < 4.78 is 5.06. The van der Waals surface area contributed by atoms with Gasteiger partial charge in [-0.25, -0.2) is 4.79 Å². The van der Waals surface area contributed by atoms with Crippen LogP contribution in [0, 0.1) is 5.92 Å². The van der Waals surface area contributed by atoms with E-state index in [0.29, 0.717) is 18.9 Å². The van der Waals surface area contributed by atoms with Gasteiger partial charge in [-0.2, -0.15) is 0 Å². The third-order valence-corrected chi connectivity index (χ3v) is 3.57. The van der Waals surface area contributed by atoms with Gasteiger partial charge in [0.25, 0.3) is 0 Å². The quantitative estimate of drug-likeness (QED) is 0.765. The predicted octanol–water partition coefficient (Wildman–Crippen LogP) is 1.75. The third kappa shape index (κ3) is 5.19. The summed E-state index contributed by atoms with van der Waals surface area (Å²) in [4.78, 5) is 23.2. The molecular weight excluding hydrogens is 270 g/mol. The Labute approximate surface area is 124 Å². The summed E-state index contributed by atoms with van der Waals surface area (Å²) in [5, 5.41) is 11.8. The molecule has 0 bridgehead atoms. The van der Waals surface area contributed by atoms with Crippen LogP contribution in [-0.4, -0.2) is 30.1 Å². The maximum absolute atomic E-state index is 12.0. The van der Waals surface area contributed by atoms with Gasteiger partial charge in [-0.15, -0.1) is 0 Å². The Morgan fingerprint density at radius 3 is 2.71 bits per heavy atom. The fourth-order valence-corrected chi connectivity index (χ4v) is 2.34. The first-order chi connectivity index (χ1) is 10.1. The van der Waals surface area contributed by atoms with E-state index in [1.165, 1.54) is 0 Å². The lowest BCUT2D eigenvalue weighted by Gasteiger charge is -2.14. The van der Waals surface area contributed by atoms with E-state index in [9.17, 15) is 9.59 Å². The van der Waals surface area contributed by atoms with E-state index < -0.39 is 12.0 Å². The van der Waals surface area contributed by atoms with E-state index in [-0.39, 0.29) is 12.3 Å². The molecule has 1 unspecified atom stereocenters. The van der Waals surface area contributed by atoms with Crippen LogP contribution < -0.4 is 5.32 Å². The summed E-state index contributed by atoms with van der Waals surface area (Å²) in [6.07, 6.45) is 2.86. The molecule has 1 atom stereocenters. The molecule has 5 nitrogen and oxygen atoms in total. The van der Waals surface area contributed by atoms with Crippen molar-refractivity contribution in [2.45, 2.75) is 38.3 Å². The molecule has 1 aromatic carbocycles. The summed E-state index contributed by atoms with van der Waals surface area (Å²) in [7, 11) is 1.62. The monoisotopic (exact) mass is 291 g/mol. The number of hydrogen-bond donors (Lipinski definition) is 2. The number of hydrogen-bond acceptors (Lipinski definition) is 3. The van der Waals surface area contributed by atoms with Crippen LogP contribution in [0.4, 0.5) is 0 Å². The largest absolute Gasteiger partial charge is 0.480 e. The van der Waals surface area contributed by atoms with E-state index in [1.807, 2.05) is 24.3 Å². The summed E-state index contributed by atoms with van der Waals surface area (Å²) in [5.74, 6) is -0.752. The van der Waals surface area contributed by atoms with Crippen LogP contribution >= 0.6 is 0 Å². The summed E-state index contributed by atoms with van der Waals surface area (Å²) in [6.45, 7) is 0.495. The molecule has 1 aliphatic rings. The zero-order valence-corrected chi connectivity index (χ0v) is 12.2. The maximum atomic E-state index is 12.0. The molecule has 114 valence electrons. The highest BCUT2D eigenvalue weighted by atomic mass is 16.5. The van der Waals surface area contributed by atoms with Crippen molar-refractivity contribution in [2.75, 3.05) is 7.11 Å². The number of amides is 1. The highest BCUT2D eigenvalue weighted by Crippen LogP contribution is 2.33. The molecule has 5 heteroatoms. The standard InChI is InChI=1S/C16H21NO4/c1-21-10-13-4-2-3-12(7-13)9-15(18)17-14(16(19)20)8-11-5-6-11/h2-4,7,11,14H,5-6,8-10H2,1H3,(H,17,18)(H,19,20). The molecule has 2 rings (SSSR count). The lowest BCUT2D eigenvalue weighted by molar-refractivity contribution is -0.142. The Hall–Kier alpha value is -1.88. The van der Waals surface area contributed by atoms with Gasteiger partial charge < -0.3 is 15.2 Å². The lowest BCUT2D eigenvalue weighted by Crippen LogP contribution is -2.41. The third-order valence-electron chi connectivity index (χ3n) is 3.57.